The molecule has 1 aromatic rings. The smallest absolute Gasteiger partial charge is 0.253 e. The maximum Gasteiger partial charge on any atom is 0.253 e. The van der Waals surface area contributed by atoms with E-state index >= 15 is 0 Å². The molecule has 1 heterocycles. The Kier molecular flexibility index (Phi) is 5.62. The van der Waals surface area contributed by atoms with Crippen LogP contribution >= 0.6 is 0 Å². The van der Waals surface area contributed by atoms with Crippen LogP contribution in [0, 0.1) is 0 Å². The number of amides is 1. The van der Waals surface area contributed by atoms with E-state index in [4.69, 9.17) is 0 Å². The summed E-state index contributed by atoms with van der Waals surface area (Å²) in [6.07, 6.45) is 3.58. The minimum absolute atomic E-state index is 0.0630. The summed E-state index contributed by atoms with van der Waals surface area (Å²) in [5.41, 5.74) is 0.602. The Morgan fingerprint density at radius 1 is 1.22 bits per heavy atom. The molecule has 2 N–H and O–H groups in total. The highest BCUT2D eigenvalue weighted by atomic mass is 16.1. The third kappa shape index (κ3) is 4.35. The van der Waals surface area contributed by atoms with Gasteiger partial charge >= 0.3 is 0 Å². The van der Waals surface area contributed by atoms with Crippen molar-refractivity contribution in [3.63, 3.8) is 0 Å². The molecular weight excluding hydrogens is 226 g/mol. The fourth-order valence-electron chi connectivity index (χ4n) is 1.38. The van der Waals surface area contributed by atoms with Gasteiger partial charge in [0, 0.05) is 18.3 Å². The lowest BCUT2D eigenvalue weighted by atomic mass is 10.2. The van der Waals surface area contributed by atoms with Crippen LogP contribution in [0.25, 0.3) is 0 Å². The zero-order valence-corrected chi connectivity index (χ0v) is 11.7. The molecule has 0 spiro atoms. The third-order valence-corrected chi connectivity index (χ3v) is 3.02. The highest BCUT2D eigenvalue weighted by Gasteiger charge is 2.09. The molecule has 2 unspecified atom stereocenters. The van der Waals surface area contributed by atoms with Gasteiger partial charge in [0.05, 0.1) is 5.56 Å². The molecule has 0 saturated heterocycles. The Labute approximate surface area is 109 Å². The molecule has 0 aliphatic heterocycles. The summed E-state index contributed by atoms with van der Waals surface area (Å²) in [5, 5.41) is 6.18. The number of aromatic nitrogens is 1. The number of carbonyl (C=O) groups excluding carboxylic acids is 1. The highest BCUT2D eigenvalue weighted by Crippen LogP contribution is 2.08. The second kappa shape index (κ2) is 6.99. The van der Waals surface area contributed by atoms with Crippen molar-refractivity contribution in [3.8, 4) is 0 Å². The SMILES string of the molecule is CCC(C)NC(=O)c1ccc(NC(C)CC)nc1. The fourth-order valence-corrected chi connectivity index (χ4v) is 1.38. The minimum Gasteiger partial charge on any atom is -0.368 e. The van der Waals surface area contributed by atoms with Crippen LogP contribution < -0.4 is 10.6 Å². The summed E-state index contributed by atoms with van der Waals surface area (Å²) < 4.78 is 0. The molecule has 0 bridgehead atoms. The van der Waals surface area contributed by atoms with Gasteiger partial charge in [-0.3, -0.25) is 4.79 Å². The van der Waals surface area contributed by atoms with E-state index in [-0.39, 0.29) is 11.9 Å². The normalized spacial score (nSPS) is 13.8. The van der Waals surface area contributed by atoms with Crippen LogP contribution in [-0.2, 0) is 0 Å². The van der Waals surface area contributed by atoms with Crippen molar-refractivity contribution < 1.29 is 4.79 Å². The van der Waals surface area contributed by atoms with E-state index in [2.05, 4.69) is 29.5 Å². The molecule has 4 heteroatoms. The summed E-state index contributed by atoms with van der Waals surface area (Å²) in [4.78, 5) is 16.1. The van der Waals surface area contributed by atoms with Crippen LogP contribution in [0.5, 0.6) is 0 Å². The van der Waals surface area contributed by atoms with Crippen molar-refractivity contribution in [2.45, 2.75) is 52.6 Å². The van der Waals surface area contributed by atoms with Gasteiger partial charge in [0.25, 0.3) is 5.91 Å². The fraction of sp³-hybridized carbons (Fsp3) is 0.571. The highest BCUT2D eigenvalue weighted by molar-refractivity contribution is 5.94. The second-order valence-corrected chi connectivity index (χ2v) is 4.67. The summed E-state index contributed by atoms with van der Waals surface area (Å²) in [6.45, 7) is 8.25. The van der Waals surface area contributed by atoms with E-state index in [0.29, 0.717) is 11.6 Å². The second-order valence-electron chi connectivity index (χ2n) is 4.67. The largest absolute Gasteiger partial charge is 0.368 e. The van der Waals surface area contributed by atoms with Gasteiger partial charge in [-0.05, 0) is 38.8 Å². The van der Waals surface area contributed by atoms with Gasteiger partial charge in [0.15, 0.2) is 0 Å². The van der Waals surface area contributed by atoms with E-state index in [1.807, 2.05) is 19.9 Å². The number of nitrogens with zero attached hydrogens (tertiary/aromatic N) is 1. The maximum atomic E-state index is 11.8. The number of rotatable bonds is 6. The minimum atomic E-state index is -0.0630. The summed E-state index contributed by atoms with van der Waals surface area (Å²) in [5.74, 6) is 0.747. The molecular formula is C14H23N3O. The molecule has 0 aliphatic rings. The van der Waals surface area contributed by atoms with E-state index in [9.17, 15) is 4.79 Å². The van der Waals surface area contributed by atoms with Gasteiger partial charge in [-0.15, -0.1) is 0 Å². The van der Waals surface area contributed by atoms with Gasteiger partial charge < -0.3 is 10.6 Å². The first-order chi connectivity index (χ1) is 8.56. The van der Waals surface area contributed by atoms with Crippen molar-refractivity contribution in [3.05, 3.63) is 23.9 Å². The van der Waals surface area contributed by atoms with Gasteiger partial charge in [0.2, 0.25) is 0 Å². The number of hydrogen-bond acceptors (Lipinski definition) is 3. The van der Waals surface area contributed by atoms with Crippen LogP contribution in [0.1, 0.15) is 50.9 Å². The molecule has 0 aromatic carbocycles. The Morgan fingerprint density at radius 2 is 1.89 bits per heavy atom. The number of pyridine rings is 1. The molecule has 1 amide bonds. The average molecular weight is 249 g/mol. The van der Waals surface area contributed by atoms with Crippen LogP contribution in [0.15, 0.2) is 18.3 Å². The molecule has 0 radical (unpaired) electrons. The lowest BCUT2D eigenvalue weighted by Crippen LogP contribution is -2.32. The van der Waals surface area contributed by atoms with Gasteiger partial charge in [-0.1, -0.05) is 13.8 Å². The Hall–Kier alpha value is -1.58. The lowest BCUT2D eigenvalue weighted by molar-refractivity contribution is 0.0939. The Morgan fingerprint density at radius 3 is 2.39 bits per heavy atom. The quantitative estimate of drug-likeness (QED) is 0.815. The first kappa shape index (κ1) is 14.5. The van der Waals surface area contributed by atoms with Crippen LogP contribution in [0.3, 0.4) is 0 Å². The molecule has 100 valence electrons. The summed E-state index contributed by atoms with van der Waals surface area (Å²) >= 11 is 0. The molecule has 18 heavy (non-hydrogen) atoms. The monoisotopic (exact) mass is 249 g/mol. The zero-order chi connectivity index (χ0) is 13.5. The Bertz CT molecular complexity index is 375. The number of hydrogen-bond donors (Lipinski definition) is 2. The molecule has 0 saturated carbocycles. The van der Waals surface area contributed by atoms with Crippen molar-refractivity contribution in [2.75, 3.05) is 5.32 Å². The molecule has 1 rings (SSSR count). The number of anilines is 1. The summed E-state index contributed by atoms with van der Waals surface area (Å²) in [7, 11) is 0. The predicted octanol–water partition coefficient (Wildman–Crippen LogP) is 2.82. The molecule has 2 atom stereocenters. The molecule has 4 nitrogen and oxygen atoms in total. The predicted molar refractivity (Wildman–Crippen MR) is 74.8 cm³/mol. The van der Waals surface area contributed by atoms with Gasteiger partial charge in [0.1, 0.15) is 5.82 Å². The molecule has 0 aliphatic carbocycles. The van der Waals surface area contributed by atoms with Gasteiger partial charge in [-0.25, -0.2) is 4.98 Å². The molecule has 1 aromatic heterocycles. The molecule has 0 fully saturated rings. The van der Waals surface area contributed by atoms with Crippen LogP contribution in [0.2, 0.25) is 0 Å². The lowest BCUT2D eigenvalue weighted by Gasteiger charge is -2.13. The van der Waals surface area contributed by atoms with Crippen LogP contribution in [-0.4, -0.2) is 23.0 Å². The van der Waals surface area contributed by atoms with Gasteiger partial charge in [-0.2, -0.15) is 0 Å². The maximum absolute atomic E-state index is 11.8. The van der Waals surface area contributed by atoms with Crippen molar-refractivity contribution >= 4 is 11.7 Å². The first-order valence-electron chi connectivity index (χ1n) is 6.60. The zero-order valence-electron chi connectivity index (χ0n) is 11.7. The topological polar surface area (TPSA) is 54.0 Å². The standard InChI is InChI=1S/C14H23N3O/c1-5-10(3)16-13-8-7-12(9-15-13)14(18)17-11(4)6-2/h7-11H,5-6H2,1-4H3,(H,15,16)(H,17,18). The van der Waals surface area contributed by atoms with E-state index in [1.54, 1.807) is 12.3 Å². The van der Waals surface area contributed by atoms with E-state index in [0.717, 1.165) is 18.7 Å². The van der Waals surface area contributed by atoms with Crippen molar-refractivity contribution in [1.82, 2.24) is 10.3 Å². The first-order valence-corrected chi connectivity index (χ1v) is 6.60. The average Bonchev–Trinajstić information content (AvgIpc) is 2.39. The number of nitrogens with one attached hydrogen (secondary N) is 2. The Balaban J connectivity index is 2.62. The van der Waals surface area contributed by atoms with Crippen molar-refractivity contribution in [2.24, 2.45) is 0 Å². The van der Waals surface area contributed by atoms with Crippen LogP contribution in [0.4, 0.5) is 5.82 Å². The summed E-state index contributed by atoms with van der Waals surface area (Å²) in [6, 6.07) is 4.22. The number of carbonyl (C=O) groups is 1. The van der Waals surface area contributed by atoms with E-state index in [1.165, 1.54) is 0 Å². The van der Waals surface area contributed by atoms with E-state index < -0.39 is 0 Å². The van der Waals surface area contributed by atoms with Crippen molar-refractivity contribution in [1.29, 1.82) is 0 Å². The third-order valence-electron chi connectivity index (χ3n) is 3.02.